The minimum Gasteiger partial charge on any atom is -0.368 e. The fourth-order valence-corrected chi connectivity index (χ4v) is 3.51. The van der Waals surface area contributed by atoms with E-state index in [1.165, 1.54) is 12.8 Å². The Balaban J connectivity index is 1.90. The zero-order valence-corrected chi connectivity index (χ0v) is 11.6. The molecule has 1 aliphatic heterocycles. The second-order valence-corrected chi connectivity index (χ2v) is 5.76. The molecule has 0 aromatic carbocycles. The molecule has 1 atom stereocenters. The molecule has 0 spiro atoms. The van der Waals surface area contributed by atoms with Crippen LogP contribution in [0.1, 0.15) is 44.3 Å². The summed E-state index contributed by atoms with van der Waals surface area (Å²) in [6, 6.07) is 0.232. The van der Waals surface area contributed by atoms with Crippen LogP contribution in [-0.4, -0.2) is 27.5 Å². The lowest BCUT2D eigenvalue weighted by Gasteiger charge is -2.29. The van der Waals surface area contributed by atoms with Crippen LogP contribution in [0, 0.1) is 5.92 Å². The van der Waals surface area contributed by atoms with E-state index in [2.05, 4.69) is 15.0 Å². The third-order valence-corrected chi connectivity index (χ3v) is 4.39. The van der Waals surface area contributed by atoms with E-state index in [-0.39, 0.29) is 17.9 Å². The van der Waals surface area contributed by atoms with Gasteiger partial charge in [0, 0.05) is 12.6 Å². The summed E-state index contributed by atoms with van der Waals surface area (Å²) in [4.78, 5) is 12.6. The predicted molar refractivity (Wildman–Crippen MR) is 71.6 cm³/mol. The first kappa shape index (κ1) is 14.3. The average Bonchev–Trinajstić information content (AvgIpc) is 3.07. The molecule has 1 aromatic heterocycles. The zero-order chi connectivity index (χ0) is 15.0. The van der Waals surface area contributed by atoms with E-state index in [1.54, 1.807) is 0 Å². The number of anilines is 2. The maximum Gasteiger partial charge on any atom is 0.451 e. The molecule has 2 heterocycles. The van der Waals surface area contributed by atoms with Crippen molar-refractivity contribution in [2.24, 2.45) is 5.92 Å². The summed E-state index contributed by atoms with van der Waals surface area (Å²) in [5, 5.41) is 0. The molecule has 3 rings (SSSR count). The summed E-state index contributed by atoms with van der Waals surface area (Å²) in [5.41, 5.74) is 5.43. The lowest BCUT2D eigenvalue weighted by atomic mass is 9.96. The van der Waals surface area contributed by atoms with Gasteiger partial charge in [-0.1, -0.05) is 12.8 Å². The van der Waals surface area contributed by atoms with E-state index in [4.69, 9.17) is 5.73 Å². The Hall–Kier alpha value is -1.60. The molecule has 2 N–H and O–H groups in total. The van der Waals surface area contributed by atoms with Crippen molar-refractivity contribution in [3.63, 3.8) is 0 Å². The Morgan fingerprint density at radius 2 is 1.71 bits per heavy atom. The fraction of sp³-hybridized carbons (Fsp3) is 0.769. The van der Waals surface area contributed by atoms with Crippen molar-refractivity contribution in [1.82, 2.24) is 15.0 Å². The lowest BCUT2D eigenvalue weighted by molar-refractivity contribution is -0.144. The summed E-state index contributed by atoms with van der Waals surface area (Å²) in [7, 11) is 0. The highest BCUT2D eigenvalue weighted by Crippen LogP contribution is 2.37. The summed E-state index contributed by atoms with van der Waals surface area (Å²) in [5.74, 6) is -0.976. The monoisotopic (exact) mass is 301 g/mol. The molecule has 1 aromatic rings. The Labute approximate surface area is 120 Å². The van der Waals surface area contributed by atoms with E-state index < -0.39 is 12.0 Å². The molecule has 1 saturated heterocycles. The van der Waals surface area contributed by atoms with Crippen LogP contribution in [0.5, 0.6) is 0 Å². The van der Waals surface area contributed by atoms with Crippen molar-refractivity contribution in [2.45, 2.75) is 50.7 Å². The van der Waals surface area contributed by atoms with E-state index in [0.29, 0.717) is 12.5 Å². The molecule has 8 heteroatoms. The molecule has 5 nitrogen and oxygen atoms in total. The Kier molecular flexibility index (Phi) is 3.62. The van der Waals surface area contributed by atoms with Gasteiger partial charge in [-0.3, -0.25) is 0 Å². The first-order valence-electron chi connectivity index (χ1n) is 7.30. The normalized spacial score (nSPS) is 24.0. The van der Waals surface area contributed by atoms with Crippen LogP contribution in [-0.2, 0) is 6.18 Å². The van der Waals surface area contributed by atoms with E-state index in [1.807, 2.05) is 4.90 Å². The van der Waals surface area contributed by atoms with Gasteiger partial charge in [0.25, 0.3) is 0 Å². The van der Waals surface area contributed by atoms with Gasteiger partial charge in [0.05, 0.1) is 0 Å². The molecule has 1 saturated carbocycles. The van der Waals surface area contributed by atoms with Gasteiger partial charge in [-0.25, -0.2) is 0 Å². The van der Waals surface area contributed by atoms with Crippen LogP contribution in [0.3, 0.4) is 0 Å². The molecule has 0 bridgehead atoms. The van der Waals surface area contributed by atoms with Crippen LogP contribution < -0.4 is 10.6 Å². The number of halogens is 3. The topological polar surface area (TPSA) is 67.9 Å². The van der Waals surface area contributed by atoms with Crippen molar-refractivity contribution in [2.75, 3.05) is 17.2 Å². The number of hydrogen-bond donors (Lipinski definition) is 1. The summed E-state index contributed by atoms with van der Waals surface area (Å²) < 4.78 is 38.4. The van der Waals surface area contributed by atoms with Gasteiger partial charge < -0.3 is 10.6 Å². The number of nitrogens with two attached hydrogens (primary N) is 1. The second kappa shape index (κ2) is 5.31. The molecule has 116 valence electrons. The minimum absolute atomic E-state index is 0.0734. The number of hydrogen-bond acceptors (Lipinski definition) is 5. The van der Waals surface area contributed by atoms with Crippen LogP contribution in [0.4, 0.5) is 25.1 Å². The molecule has 0 radical (unpaired) electrons. The highest BCUT2D eigenvalue weighted by atomic mass is 19.4. The maximum absolute atomic E-state index is 12.8. The molecule has 0 amide bonds. The number of aromatic nitrogens is 3. The summed E-state index contributed by atoms with van der Waals surface area (Å²) >= 11 is 0. The van der Waals surface area contributed by atoms with Crippen molar-refractivity contribution in [3.05, 3.63) is 5.82 Å². The lowest BCUT2D eigenvalue weighted by Crippen LogP contribution is -2.36. The van der Waals surface area contributed by atoms with Gasteiger partial charge in [0.15, 0.2) is 0 Å². The minimum atomic E-state index is -4.60. The predicted octanol–water partition coefficient (Wildman–Crippen LogP) is 2.63. The Morgan fingerprint density at radius 1 is 1.00 bits per heavy atom. The molecular formula is C13H18F3N5. The first-order valence-corrected chi connectivity index (χ1v) is 7.30. The van der Waals surface area contributed by atoms with Crippen molar-refractivity contribution in [1.29, 1.82) is 0 Å². The van der Waals surface area contributed by atoms with E-state index >= 15 is 0 Å². The van der Waals surface area contributed by atoms with Gasteiger partial charge in [0.1, 0.15) is 0 Å². The van der Waals surface area contributed by atoms with Gasteiger partial charge in [-0.05, 0) is 31.6 Å². The molecule has 21 heavy (non-hydrogen) atoms. The number of alkyl halides is 3. The van der Waals surface area contributed by atoms with Crippen molar-refractivity contribution in [3.8, 4) is 0 Å². The van der Waals surface area contributed by atoms with Crippen LogP contribution in [0.25, 0.3) is 0 Å². The molecule has 2 fully saturated rings. The fourth-order valence-electron chi connectivity index (χ4n) is 3.51. The molecule has 1 unspecified atom stereocenters. The van der Waals surface area contributed by atoms with E-state index in [9.17, 15) is 13.2 Å². The van der Waals surface area contributed by atoms with Crippen molar-refractivity contribution >= 4 is 11.9 Å². The number of nitrogens with zero attached hydrogens (tertiary/aromatic N) is 4. The first-order chi connectivity index (χ1) is 9.95. The highest BCUT2D eigenvalue weighted by molar-refractivity contribution is 5.38. The van der Waals surface area contributed by atoms with Gasteiger partial charge in [0.2, 0.25) is 17.7 Å². The quantitative estimate of drug-likeness (QED) is 0.909. The SMILES string of the molecule is Nc1nc(N2CCCC2C2CCCC2)nc(C(F)(F)F)n1. The number of nitrogen functional groups attached to an aromatic ring is 1. The van der Waals surface area contributed by atoms with Crippen LogP contribution in [0.2, 0.25) is 0 Å². The zero-order valence-electron chi connectivity index (χ0n) is 11.6. The maximum atomic E-state index is 12.8. The Morgan fingerprint density at radius 3 is 2.38 bits per heavy atom. The van der Waals surface area contributed by atoms with Crippen molar-refractivity contribution < 1.29 is 13.2 Å². The largest absolute Gasteiger partial charge is 0.451 e. The average molecular weight is 301 g/mol. The molecule has 2 aliphatic rings. The van der Waals surface area contributed by atoms with Gasteiger partial charge in [-0.15, -0.1) is 0 Å². The highest BCUT2D eigenvalue weighted by Gasteiger charge is 2.39. The smallest absolute Gasteiger partial charge is 0.368 e. The second-order valence-electron chi connectivity index (χ2n) is 5.76. The summed E-state index contributed by atoms with van der Waals surface area (Å²) in [6.07, 6.45) is 1.99. The standard InChI is InChI=1S/C13H18F3N5/c14-13(15,16)10-18-11(17)20-12(19-10)21-7-3-6-9(21)8-4-1-2-5-8/h8-9H,1-7H2,(H2,17,18,19,20). The van der Waals surface area contributed by atoms with Gasteiger partial charge >= 0.3 is 6.18 Å². The van der Waals surface area contributed by atoms with Crippen LogP contribution >= 0.6 is 0 Å². The van der Waals surface area contributed by atoms with E-state index in [0.717, 1.165) is 25.7 Å². The molecular weight excluding hydrogens is 283 g/mol. The van der Waals surface area contributed by atoms with Crippen LogP contribution in [0.15, 0.2) is 0 Å². The number of rotatable bonds is 2. The molecule has 1 aliphatic carbocycles. The Bertz CT molecular complexity index is 513. The summed E-state index contributed by atoms with van der Waals surface area (Å²) in [6.45, 7) is 0.682. The third kappa shape index (κ3) is 2.89. The third-order valence-electron chi connectivity index (χ3n) is 4.39. The van der Waals surface area contributed by atoms with Gasteiger partial charge in [-0.2, -0.15) is 28.1 Å².